The number of nitrogens with zero attached hydrogens (tertiary/aromatic N) is 1. The van der Waals surface area contributed by atoms with Crippen LogP contribution >= 0.6 is 0 Å². The lowest BCUT2D eigenvalue weighted by molar-refractivity contribution is -0.142. The molecule has 2 atom stereocenters. The molecule has 0 fully saturated rings. The van der Waals surface area contributed by atoms with E-state index >= 15 is 0 Å². The summed E-state index contributed by atoms with van der Waals surface area (Å²) in [5.41, 5.74) is 1.51. The lowest BCUT2D eigenvalue weighted by Gasteiger charge is -2.35. The molecule has 0 aliphatic heterocycles. The van der Waals surface area contributed by atoms with Crippen LogP contribution in [0.2, 0.25) is 0 Å². The highest BCUT2D eigenvalue weighted by Gasteiger charge is 2.36. The van der Waals surface area contributed by atoms with Gasteiger partial charge in [0.15, 0.2) is 0 Å². The Morgan fingerprint density at radius 2 is 1.58 bits per heavy atom. The van der Waals surface area contributed by atoms with E-state index in [2.05, 4.69) is 31.1 Å². The van der Waals surface area contributed by atoms with Crippen LogP contribution in [-0.2, 0) is 20.7 Å². The molecule has 8 heteroatoms. The van der Waals surface area contributed by atoms with Gasteiger partial charge in [-0.25, -0.2) is 4.79 Å². The number of nitrogens with one attached hydrogen (secondary N) is 2. The summed E-state index contributed by atoms with van der Waals surface area (Å²) in [6.07, 6.45) is 10.1. The van der Waals surface area contributed by atoms with E-state index in [0.717, 1.165) is 62.5 Å². The first kappa shape index (κ1) is 37.4. The van der Waals surface area contributed by atoms with E-state index in [-0.39, 0.29) is 24.0 Å². The number of hydrogen-bond acceptors (Lipinski definition) is 5. The van der Waals surface area contributed by atoms with E-state index in [1.165, 1.54) is 0 Å². The number of rotatable bonds is 19. The van der Waals surface area contributed by atoms with E-state index in [1.54, 1.807) is 56.0 Å². The predicted molar refractivity (Wildman–Crippen MR) is 182 cm³/mol. The molecule has 2 aromatic rings. The van der Waals surface area contributed by atoms with Crippen LogP contribution < -0.4 is 10.6 Å². The second-order valence-electron chi connectivity index (χ2n) is 12.6. The van der Waals surface area contributed by atoms with Gasteiger partial charge in [0.05, 0.1) is 0 Å². The monoisotopic (exact) mass is 621 g/mol. The maximum absolute atomic E-state index is 14.6. The average molecular weight is 622 g/mol. The SMILES string of the molecule is C=Cc1cccc(C(C(=O)NCCCCC)N(CCCCCCCC)C(=O)C(Cc2ccc(O)cc2)NC(=O)OC(C)(C)C)c1. The maximum atomic E-state index is 14.6. The van der Waals surface area contributed by atoms with Crippen LogP contribution in [0.3, 0.4) is 0 Å². The van der Waals surface area contributed by atoms with Gasteiger partial charge in [0.25, 0.3) is 0 Å². The van der Waals surface area contributed by atoms with Crippen molar-refractivity contribution in [1.82, 2.24) is 15.5 Å². The summed E-state index contributed by atoms with van der Waals surface area (Å²) in [5.74, 6) is -0.527. The number of phenols is 1. The number of hydrogen-bond donors (Lipinski definition) is 3. The lowest BCUT2D eigenvalue weighted by Crippen LogP contribution is -2.54. The van der Waals surface area contributed by atoms with E-state index in [1.807, 2.05) is 24.3 Å². The van der Waals surface area contributed by atoms with Crippen LogP contribution in [-0.4, -0.2) is 52.6 Å². The Morgan fingerprint density at radius 3 is 2.22 bits per heavy atom. The minimum absolute atomic E-state index is 0.105. The van der Waals surface area contributed by atoms with Crippen molar-refractivity contribution < 1.29 is 24.2 Å². The fourth-order valence-electron chi connectivity index (χ4n) is 5.16. The van der Waals surface area contributed by atoms with Crippen molar-refractivity contribution in [2.24, 2.45) is 0 Å². The third kappa shape index (κ3) is 13.8. The average Bonchev–Trinajstić information content (AvgIpc) is 3.00. The van der Waals surface area contributed by atoms with Gasteiger partial charge in [-0.15, -0.1) is 0 Å². The molecule has 248 valence electrons. The van der Waals surface area contributed by atoms with Crippen molar-refractivity contribution in [3.05, 3.63) is 71.8 Å². The Balaban J connectivity index is 2.54. The van der Waals surface area contributed by atoms with Crippen LogP contribution in [0.5, 0.6) is 5.75 Å². The highest BCUT2D eigenvalue weighted by molar-refractivity contribution is 5.92. The van der Waals surface area contributed by atoms with E-state index in [0.29, 0.717) is 25.1 Å². The maximum Gasteiger partial charge on any atom is 0.408 e. The van der Waals surface area contributed by atoms with Crippen LogP contribution in [0, 0.1) is 0 Å². The summed E-state index contributed by atoms with van der Waals surface area (Å²) >= 11 is 0. The molecule has 2 aromatic carbocycles. The minimum Gasteiger partial charge on any atom is -0.508 e. The van der Waals surface area contributed by atoms with Gasteiger partial charge in [-0.3, -0.25) is 9.59 Å². The fraction of sp³-hybridized carbons (Fsp3) is 0.541. The number of benzene rings is 2. The molecule has 0 aliphatic carbocycles. The van der Waals surface area contributed by atoms with Crippen molar-refractivity contribution in [1.29, 1.82) is 0 Å². The molecule has 0 radical (unpaired) electrons. The summed E-state index contributed by atoms with van der Waals surface area (Å²) in [6, 6.07) is 12.1. The van der Waals surface area contributed by atoms with Crippen molar-refractivity contribution >= 4 is 24.0 Å². The first-order chi connectivity index (χ1) is 21.5. The number of carbonyl (C=O) groups is 3. The zero-order valence-corrected chi connectivity index (χ0v) is 28.1. The normalized spacial score (nSPS) is 12.6. The third-order valence-corrected chi connectivity index (χ3v) is 7.50. The van der Waals surface area contributed by atoms with E-state index in [4.69, 9.17) is 4.74 Å². The minimum atomic E-state index is -1.01. The Labute approximate surface area is 270 Å². The van der Waals surface area contributed by atoms with Gasteiger partial charge in [0.2, 0.25) is 11.8 Å². The smallest absolute Gasteiger partial charge is 0.408 e. The summed E-state index contributed by atoms with van der Waals surface area (Å²) in [4.78, 5) is 43.3. The summed E-state index contributed by atoms with van der Waals surface area (Å²) in [5, 5.41) is 15.7. The van der Waals surface area contributed by atoms with E-state index < -0.39 is 23.8 Å². The Bertz CT molecular complexity index is 1210. The summed E-state index contributed by atoms with van der Waals surface area (Å²) in [6.45, 7) is 14.3. The van der Waals surface area contributed by atoms with Gasteiger partial charge < -0.3 is 25.4 Å². The Kier molecular flexibility index (Phi) is 16.2. The molecule has 45 heavy (non-hydrogen) atoms. The quantitative estimate of drug-likeness (QED) is 0.139. The number of carbonyl (C=O) groups excluding carboxylic acids is 3. The lowest BCUT2D eigenvalue weighted by atomic mass is 9.98. The van der Waals surface area contributed by atoms with Gasteiger partial charge in [0, 0.05) is 19.5 Å². The number of unbranched alkanes of at least 4 members (excludes halogenated alkanes) is 7. The standard InChI is InChI=1S/C37H55N3O5/c1-7-10-12-13-14-16-25-40(33(34(42)38-24-15-11-8-2)30-19-17-18-28(9-3)26-30)35(43)32(39-36(44)45-37(4,5)6)27-29-20-22-31(41)23-21-29/h9,17-23,26,32-33,41H,3,7-8,10-16,24-25,27H2,1-2,4-6H3,(H,38,42)(H,39,44). The molecule has 0 spiro atoms. The van der Waals surface area contributed by atoms with Crippen LogP contribution in [0.4, 0.5) is 4.79 Å². The van der Waals surface area contributed by atoms with Gasteiger partial charge >= 0.3 is 6.09 Å². The van der Waals surface area contributed by atoms with Gasteiger partial charge in [-0.05, 0) is 68.5 Å². The number of alkyl carbamates (subject to hydrolysis) is 1. The molecule has 0 bridgehead atoms. The fourth-order valence-corrected chi connectivity index (χ4v) is 5.16. The molecule has 0 aliphatic rings. The molecule has 8 nitrogen and oxygen atoms in total. The van der Waals surface area contributed by atoms with Crippen molar-refractivity contribution in [2.45, 2.75) is 117 Å². The number of aromatic hydroxyl groups is 1. The van der Waals surface area contributed by atoms with Gasteiger partial charge in [0.1, 0.15) is 23.4 Å². The first-order valence-electron chi connectivity index (χ1n) is 16.6. The molecule has 0 heterocycles. The van der Waals surface area contributed by atoms with Crippen molar-refractivity contribution in [2.75, 3.05) is 13.1 Å². The second-order valence-corrected chi connectivity index (χ2v) is 12.6. The number of phenolic OH excluding ortho intramolecular Hbond substituents is 1. The molecule has 0 aromatic heterocycles. The highest BCUT2D eigenvalue weighted by atomic mass is 16.6. The predicted octanol–water partition coefficient (Wildman–Crippen LogP) is 7.71. The van der Waals surface area contributed by atoms with Gasteiger partial charge in [-0.2, -0.15) is 0 Å². The molecule has 2 unspecified atom stereocenters. The van der Waals surface area contributed by atoms with Crippen molar-refractivity contribution in [3.8, 4) is 5.75 Å². The van der Waals surface area contributed by atoms with E-state index in [9.17, 15) is 19.5 Å². The molecule has 3 amide bonds. The largest absolute Gasteiger partial charge is 0.508 e. The number of amides is 3. The molecular weight excluding hydrogens is 566 g/mol. The topological polar surface area (TPSA) is 108 Å². The summed E-state index contributed by atoms with van der Waals surface area (Å²) in [7, 11) is 0. The number of ether oxygens (including phenoxy) is 1. The molecular formula is C37H55N3O5. The molecule has 3 N–H and O–H groups in total. The van der Waals surface area contributed by atoms with Crippen LogP contribution in [0.1, 0.15) is 115 Å². The van der Waals surface area contributed by atoms with Crippen LogP contribution in [0.25, 0.3) is 6.08 Å². The molecule has 2 rings (SSSR count). The Hall–Kier alpha value is -3.81. The zero-order chi connectivity index (χ0) is 33.2. The second kappa shape index (κ2) is 19.6. The van der Waals surface area contributed by atoms with Gasteiger partial charge in [-0.1, -0.05) is 102 Å². The Morgan fingerprint density at radius 1 is 0.933 bits per heavy atom. The van der Waals surface area contributed by atoms with Crippen molar-refractivity contribution in [3.63, 3.8) is 0 Å². The van der Waals surface area contributed by atoms with Crippen LogP contribution in [0.15, 0.2) is 55.1 Å². The third-order valence-electron chi connectivity index (χ3n) is 7.50. The highest BCUT2D eigenvalue weighted by Crippen LogP contribution is 2.26. The summed E-state index contributed by atoms with van der Waals surface area (Å²) < 4.78 is 5.54. The first-order valence-corrected chi connectivity index (χ1v) is 16.6. The zero-order valence-electron chi connectivity index (χ0n) is 28.1. The molecule has 0 saturated heterocycles. The molecule has 0 saturated carbocycles.